The molecule has 0 aliphatic carbocycles. The minimum absolute atomic E-state index is 0.117. The van der Waals surface area contributed by atoms with E-state index in [4.69, 9.17) is 11.6 Å². The van der Waals surface area contributed by atoms with Crippen LogP contribution in [0.1, 0.15) is 38.7 Å². The number of nitrogens with zero attached hydrogens (tertiary/aromatic N) is 1. The Morgan fingerprint density at radius 2 is 2.05 bits per heavy atom. The number of hydrogen-bond donors (Lipinski definition) is 1. The number of nitrogens with one attached hydrogen (secondary N) is 1. The number of hydrogen-bond acceptors (Lipinski definition) is 2. The molecule has 1 heterocycles. The number of rotatable bonds is 6. The van der Waals surface area contributed by atoms with Gasteiger partial charge in [0, 0.05) is 11.6 Å². The largest absolute Gasteiger partial charge is 0.315 e. The van der Waals surface area contributed by atoms with E-state index in [-0.39, 0.29) is 16.4 Å². The Hall–Kier alpha value is -0.640. The van der Waals surface area contributed by atoms with Crippen LogP contribution in [-0.2, 0) is 6.42 Å². The van der Waals surface area contributed by atoms with Crippen molar-refractivity contribution in [2.75, 3.05) is 20.1 Å². The fourth-order valence-electron chi connectivity index (χ4n) is 3.45. The van der Waals surface area contributed by atoms with Crippen LogP contribution >= 0.6 is 11.6 Å². The van der Waals surface area contributed by atoms with Gasteiger partial charge in [0.05, 0.1) is 5.02 Å². The van der Waals surface area contributed by atoms with Crippen LogP contribution in [0.5, 0.6) is 0 Å². The van der Waals surface area contributed by atoms with Crippen molar-refractivity contribution in [1.82, 2.24) is 10.2 Å². The molecular weight excluding hydrogens is 287 g/mol. The maximum absolute atomic E-state index is 13.3. The first-order valence-corrected chi connectivity index (χ1v) is 8.25. The summed E-state index contributed by atoms with van der Waals surface area (Å²) in [6.45, 7) is 6.93. The van der Waals surface area contributed by atoms with Crippen molar-refractivity contribution in [2.45, 2.75) is 51.1 Å². The molecule has 0 saturated carbocycles. The molecule has 2 atom stereocenters. The van der Waals surface area contributed by atoms with E-state index >= 15 is 0 Å². The second kappa shape index (κ2) is 7.08. The number of benzene rings is 1. The van der Waals surface area contributed by atoms with Gasteiger partial charge in [0.25, 0.3) is 0 Å². The predicted octanol–water partition coefficient (Wildman–Crippen LogP) is 3.87. The summed E-state index contributed by atoms with van der Waals surface area (Å²) in [6.07, 6.45) is 4.52. The van der Waals surface area contributed by atoms with E-state index in [1.807, 2.05) is 13.1 Å². The smallest absolute Gasteiger partial charge is 0.141 e. The number of likely N-dealkylation sites (tertiary alicyclic amines) is 1. The molecule has 2 rings (SSSR count). The van der Waals surface area contributed by atoms with Gasteiger partial charge in [-0.15, -0.1) is 0 Å². The maximum atomic E-state index is 13.3. The molecule has 1 aliphatic heterocycles. The van der Waals surface area contributed by atoms with Gasteiger partial charge in [0.15, 0.2) is 0 Å². The van der Waals surface area contributed by atoms with Crippen molar-refractivity contribution in [3.05, 3.63) is 34.6 Å². The molecule has 1 aromatic rings. The lowest BCUT2D eigenvalue weighted by Crippen LogP contribution is -2.58. The van der Waals surface area contributed by atoms with Crippen LogP contribution < -0.4 is 5.32 Å². The zero-order valence-corrected chi connectivity index (χ0v) is 14.0. The maximum Gasteiger partial charge on any atom is 0.141 e. The van der Waals surface area contributed by atoms with Crippen molar-refractivity contribution in [3.8, 4) is 0 Å². The molecule has 2 nitrogen and oxygen atoms in total. The normalized spacial score (nSPS) is 20.4. The lowest BCUT2D eigenvalue weighted by atomic mass is 9.83. The summed E-state index contributed by atoms with van der Waals surface area (Å²) >= 11 is 5.91. The highest BCUT2D eigenvalue weighted by Gasteiger charge is 2.38. The highest BCUT2D eigenvalue weighted by molar-refractivity contribution is 6.30. The highest BCUT2D eigenvalue weighted by atomic mass is 35.5. The highest BCUT2D eigenvalue weighted by Crippen LogP contribution is 2.30. The summed E-state index contributed by atoms with van der Waals surface area (Å²) in [7, 11) is 2.01. The molecule has 2 unspecified atom stereocenters. The van der Waals surface area contributed by atoms with E-state index in [0.717, 1.165) is 18.4 Å². The Morgan fingerprint density at radius 3 is 2.57 bits per heavy atom. The zero-order valence-electron chi connectivity index (χ0n) is 13.3. The standard InChI is InChI=1S/C17H26ClFN2/c1-4-17(2,21-9-5-6-10-21)16(20-3)12-13-7-8-15(19)14(18)11-13/h7-8,11,16,20H,4-6,9-10,12H2,1-3H3. The Bertz CT molecular complexity index is 474. The lowest BCUT2D eigenvalue weighted by molar-refractivity contribution is 0.0873. The Kier molecular flexibility index (Phi) is 5.64. The van der Waals surface area contributed by atoms with Gasteiger partial charge in [-0.25, -0.2) is 4.39 Å². The van der Waals surface area contributed by atoms with E-state index < -0.39 is 0 Å². The lowest BCUT2D eigenvalue weighted by Gasteiger charge is -2.44. The van der Waals surface area contributed by atoms with Gasteiger partial charge in [-0.05, 0) is 70.4 Å². The van der Waals surface area contributed by atoms with Gasteiger partial charge in [0.1, 0.15) is 5.82 Å². The van der Waals surface area contributed by atoms with Gasteiger partial charge < -0.3 is 5.32 Å². The van der Waals surface area contributed by atoms with Crippen LogP contribution in [0.3, 0.4) is 0 Å². The molecule has 4 heteroatoms. The fourth-order valence-corrected chi connectivity index (χ4v) is 3.66. The molecule has 1 aliphatic rings. The van der Waals surface area contributed by atoms with Crippen LogP contribution in [0.25, 0.3) is 0 Å². The van der Waals surface area contributed by atoms with Crippen molar-refractivity contribution in [2.24, 2.45) is 0 Å². The SMILES string of the molecule is CCC(C)(C(Cc1ccc(F)c(Cl)c1)NC)N1CCCC1. The molecule has 1 N–H and O–H groups in total. The molecule has 0 radical (unpaired) electrons. The van der Waals surface area contributed by atoms with Gasteiger partial charge >= 0.3 is 0 Å². The average Bonchev–Trinajstić information content (AvgIpc) is 3.02. The minimum Gasteiger partial charge on any atom is -0.315 e. The summed E-state index contributed by atoms with van der Waals surface area (Å²) in [5.41, 5.74) is 1.20. The number of likely N-dealkylation sites (N-methyl/N-ethyl adjacent to an activating group) is 1. The third-order valence-electron chi connectivity index (χ3n) is 5.07. The van der Waals surface area contributed by atoms with Gasteiger partial charge in [-0.1, -0.05) is 24.6 Å². The van der Waals surface area contributed by atoms with Crippen LogP contribution in [0.2, 0.25) is 5.02 Å². The molecule has 0 spiro atoms. The molecule has 1 fully saturated rings. The van der Waals surface area contributed by atoms with Crippen LogP contribution in [0.15, 0.2) is 18.2 Å². The fraction of sp³-hybridized carbons (Fsp3) is 0.647. The second-order valence-corrected chi connectivity index (χ2v) is 6.61. The van der Waals surface area contributed by atoms with Crippen molar-refractivity contribution >= 4 is 11.6 Å². The third kappa shape index (κ3) is 3.58. The first kappa shape index (κ1) is 16.7. The minimum atomic E-state index is -0.348. The van der Waals surface area contributed by atoms with E-state index in [1.54, 1.807) is 6.07 Å². The summed E-state index contributed by atoms with van der Waals surface area (Å²) in [5.74, 6) is -0.348. The van der Waals surface area contributed by atoms with E-state index in [1.165, 1.54) is 32.0 Å². The Labute approximate surface area is 132 Å². The zero-order chi connectivity index (χ0) is 15.5. The summed E-state index contributed by atoms with van der Waals surface area (Å²) < 4.78 is 13.3. The topological polar surface area (TPSA) is 15.3 Å². The van der Waals surface area contributed by atoms with Gasteiger partial charge in [-0.3, -0.25) is 4.90 Å². The summed E-state index contributed by atoms with van der Waals surface area (Å²) in [5, 5.41) is 3.68. The van der Waals surface area contributed by atoms with Crippen molar-refractivity contribution < 1.29 is 4.39 Å². The molecule has 0 aromatic heterocycles. The quantitative estimate of drug-likeness (QED) is 0.857. The van der Waals surface area contributed by atoms with E-state index in [2.05, 4.69) is 24.1 Å². The van der Waals surface area contributed by atoms with Crippen molar-refractivity contribution in [1.29, 1.82) is 0 Å². The van der Waals surface area contributed by atoms with Crippen LogP contribution in [-0.4, -0.2) is 36.6 Å². The van der Waals surface area contributed by atoms with Gasteiger partial charge in [-0.2, -0.15) is 0 Å². The molecule has 21 heavy (non-hydrogen) atoms. The van der Waals surface area contributed by atoms with Crippen molar-refractivity contribution in [3.63, 3.8) is 0 Å². The van der Waals surface area contributed by atoms with Gasteiger partial charge in [0.2, 0.25) is 0 Å². The molecular formula is C17H26ClFN2. The first-order chi connectivity index (χ1) is 10.0. The van der Waals surface area contributed by atoms with Crippen LogP contribution in [0.4, 0.5) is 4.39 Å². The molecule has 118 valence electrons. The molecule has 0 bridgehead atoms. The second-order valence-electron chi connectivity index (χ2n) is 6.20. The third-order valence-corrected chi connectivity index (χ3v) is 5.36. The van der Waals surface area contributed by atoms with E-state index in [0.29, 0.717) is 6.04 Å². The van der Waals surface area contributed by atoms with E-state index in [9.17, 15) is 4.39 Å². The molecule has 0 amide bonds. The summed E-state index contributed by atoms with van der Waals surface area (Å²) in [4.78, 5) is 2.60. The van der Waals surface area contributed by atoms with Crippen LogP contribution in [0, 0.1) is 5.82 Å². The number of halogens is 2. The predicted molar refractivity (Wildman–Crippen MR) is 87.5 cm³/mol. The Balaban J connectivity index is 2.18. The Morgan fingerprint density at radius 1 is 1.38 bits per heavy atom. The first-order valence-electron chi connectivity index (χ1n) is 7.87. The monoisotopic (exact) mass is 312 g/mol. The molecule has 1 saturated heterocycles. The average molecular weight is 313 g/mol. The summed E-state index contributed by atoms with van der Waals surface area (Å²) in [6, 6.07) is 5.37. The molecule has 1 aromatic carbocycles.